The molecule has 3 nitrogen and oxygen atoms in total. The summed E-state index contributed by atoms with van der Waals surface area (Å²) < 4.78 is 31.3. The highest BCUT2D eigenvalue weighted by molar-refractivity contribution is 5.79. The Morgan fingerprint density at radius 3 is 2.56 bits per heavy atom. The van der Waals surface area contributed by atoms with Crippen molar-refractivity contribution in [3.05, 3.63) is 35.4 Å². The van der Waals surface area contributed by atoms with Crippen molar-refractivity contribution in [3.63, 3.8) is 0 Å². The molecule has 5 heteroatoms. The van der Waals surface area contributed by atoms with Crippen molar-refractivity contribution in [1.82, 2.24) is 5.32 Å². The van der Waals surface area contributed by atoms with E-state index in [2.05, 4.69) is 10.1 Å². The molecule has 100 valence electrons. The molecule has 0 aromatic heterocycles. The molecule has 0 spiro atoms. The summed E-state index contributed by atoms with van der Waals surface area (Å²) >= 11 is 0. The Bertz CT molecular complexity index is 447. The number of ether oxygens (including phenoxy) is 1. The number of benzene rings is 1. The van der Waals surface area contributed by atoms with E-state index < -0.39 is 29.2 Å². The zero-order valence-corrected chi connectivity index (χ0v) is 10.9. The fraction of sp³-hybridized carbons (Fsp3) is 0.462. The molecule has 1 aromatic rings. The summed E-state index contributed by atoms with van der Waals surface area (Å²) in [4.78, 5) is 11.5. The van der Waals surface area contributed by atoms with Crippen LogP contribution in [0.15, 0.2) is 18.2 Å². The molecule has 0 aliphatic carbocycles. The predicted molar refractivity (Wildman–Crippen MR) is 64.0 cm³/mol. The molecule has 0 aliphatic rings. The van der Waals surface area contributed by atoms with Crippen molar-refractivity contribution in [2.24, 2.45) is 0 Å². The lowest BCUT2D eigenvalue weighted by molar-refractivity contribution is -0.147. The summed E-state index contributed by atoms with van der Waals surface area (Å²) in [5.41, 5.74) is -0.806. The molecule has 1 aromatic carbocycles. The fourth-order valence-electron chi connectivity index (χ4n) is 1.78. The van der Waals surface area contributed by atoms with E-state index in [4.69, 9.17) is 0 Å². The molecule has 1 N–H and O–H groups in total. The minimum atomic E-state index is -0.979. The van der Waals surface area contributed by atoms with Gasteiger partial charge in [-0.25, -0.2) is 8.78 Å². The topological polar surface area (TPSA) is 38.3 Å². The molecule has 0 bridgehead atoms. The quantitative estimate of drug-likeness (QED) is 0.842. The van der Waals surface area contributed by atoms with Crippen LogP contribution in [0.1, 0.15) is 32.4 Å². The smallest absolute Gasteiger partial charge is 0.325 e. The van der Waals surface area contributed by atoms with Crippen LogP contribution >= 0.6 is 0 Å². The van der Waals surface area contributed by atoms with E-state index >= 15 is 0 Å². The van der Waals surface area contributed by atoms with E-state index in [1.54, 1.807) is 20.8 Å². The second-order valence-corrected chi connectivity index (χ2v) is 4.65. The van der Waals surface area contributed by atoms with Crippen LogP contribution in [0, 0.1) is 11.6 Å². The van der Waals surface area contributed by atoms with E-state index in [9.17, 15) is 13.6 Å². The highest BCUT2D eigenvalue weighted by Crippen LogP contribution is 2.21. The molecule has 1 atom stereocenters. The van der Waals surface area contributed by atoms with Gasteiger partial charge in [-0.2, -0.15) is 0 Å². The summed E-state index contributed by atoms with van der Waals surface area (Å²) in [7, 11) is 1.28. The van der Waals surface area contributed by atoms with Crippen molar-refractivity contribution >= 4 is 5.97 Å². The van der Waals surface area contributed by atoms with E-state index in [0.717, 1.165) is 18.2 Å². The zero-order valence-electron chi connectivity index (χ0n) is 10.9. The van der Waals surface area contributed by atoms with Crippen molar-refractivity contribution < 1.29 is 18.3 Å². The van der Waals surface area contributed by atoms with Crippen LogP contribution in [0.25, 0.3) is 0 Å². The third-order valence-corrected chi connectivity index (χ3v) is 2.70. The van der Waals surface area contributed by atoms with Gasteiger partial charge in [-0.15, -0.1) is 0 Å². The monoisotopic (exact) mass is 257 g/mol. The molecule has 0 saturated heterocycles. The van der Waals surface area contributed by atoms with Gasteiger partial charge in [0.05, 0.1) is 7.11 Å². The number of rotatable bonds is 4. The van der Waals surface area contributed by atoms with Gasteiger partial charge in [-0.3, -0.25) is 10.1 Å². The lowest BCUT2D eigenvalue weighted by atomic mass is 10.0. The summed E-state index contributed by atoms with van der Waals surface area (Å²) in [5.74, 6) is -1.50. The van der Waals surface area contributed by atoms with Gasteiger partial charge in [0.1, 0.15) is 17.2 Å². The minimum Gasteiger partial charge on any atom is -0.468 e. The van der Waals surface area contributed by atoms with Gasteiger partial charge in [0.2, 0.25) is 0 Å². The molecular weight excluding hydrogens is 240 g/mol. The molecule has 0 fully saturated rings. The lowest BCUT2D eigenvalue weighted by Crippen LogP contribution is -2.48. The van der Waals surface area contributed by atoms with Crippen LogP contribution in [-0.2, 0) is 9.53 Å². The number of halogens is 2. The first-order valence-electron chi connectivity index (χ1n) is 5.59. The first-order chi connectivity index (χ1) is 8.27. The van der Waals surface area contributed by atoms with Gasteiger partial charge in [-0.1, -0.05) is 0 Å². The number of hydrogen-bond acceptors (Lipinski definition) is 3. The van der Waals surface area contributed by atoms with Crippen LogP contribution in [0.4, 0.5) is 8.78 Å². The third-order valence-electron chi connectivity index (χ3n) is 2.70. The van der Waals surface area contributed by atoms with Crippen LogP contribution in [-0.4, -0.2) is 18.6 Å². The number of esters is 1. The number of carbonyl (C=O) groups excluding carboxylic acids is 1. The number of carbonyl (C=O) groups is 1. The van der Waals surface area contributed by atoms with Crippen LogP contribution in [0.3, 0.4) is 0 Å². The molecule has 1 rings (SSSR count). The largest absolute Gasteiger partial charge is 0.468 e. The molecule has 0 saturated carbocycles. The standard InChI is InChI=1S/C13H17F2NO2/c1-8(16-13(2,3)12(17)18-4)10-7-9(14)5-6-11(10)15/h5-8,16H,1-4H3. The van der Waals surface area contributed by atoms with Crippen molar-refractivity contribution in [1.29, 1.82) is 0 Å². The average molecular weight is 257 g/mol. The van der Waals surface area contributed by atoms with Crippen molar-refractivity contribution in [2.75, 3.05) is 7.11 Å². The van der Waals surface area contributed by atoms with Gasteiger partial charge < -0.3 is 4.74 Å². The summed E-state index contributed by atoms with van der Waals surface area (Å²) in [6, 6.07) is 2.71. The first-order valence-corrected chi connectivity index (χ1v) is 5.59. The summed E-state index contributed by atoms with van der Waals surface area (Å²) in [6.07, 6.45) is 0. The average Bonchev–Trinajstić information content (AvgIpc) is 2.30. The second-order valence-electron chi connectivity index (χ2n) is 4.65. The molecule has 0 amide bonds. The maximum Gasteiger partial charge on any atom is 0.325 e. The van der Waals surface area contributed by atoms with E-state index in [1.165, 1.54) is 7.11 Å². The van der Waals surface area contributed by atoms with E-state index in [1.807, 2.05) is 0 Å². The van der Waals surface area contributed by atoms with Crippen LogP contribution in [0.5, 0.6) is 0 Å². The molecule has 1 unspecified atom stereocenters. The van der Waals surface area contributed by atoms with Crippen molar-refractivity contribution in [2.45, 2.75) is 32.4 Å². The maximum atomic E-state index is 13.6. The molecule has 0 radical (unpaired) electrons. The van der Waals surface area contributed by atoms with Gasteiger partial charge in [0, 0.05) is 11.6 Å². The Morgan fingerprint density at radius 1 is 1.39 bits per heavy atom. The summed E-state index contributed by atoms with van der Waals surface area (Å²) in [5, 5.41) is 2.91. The summed E-state index contributed by atoms with van der Waals surface area (Å²) in [6.45, 7) is 4.89. The van der Waals surface area contributed by atoms with Gasteiger partial charge in [-0.05, 0) is 39.0 Å². The third kappa shape index (κ3) is 3.26. The van der Waals surface area contributed by atoms with Crippen molar-refractivity contribution in [3.8, 4) is 0 Å². The Hall–Kier alpha value is -1.49. The molecular formula is C13H17F2NO2. The second kappa shape index (κ2) is 5.44. The van der Waals surface area contributed by atoms with E-state index in [-0.39, 0.29) is 5.56 Å². The number of nitrogens with one attached hydrogen (secondary N) is 1. The zero-order chi connectivity index (χ0) is 13.9. The highest BCUT2D eigenvalue weighted by Gasteiger charge is 2.30. The van der Waals surface area contributed by atoms with E-state index in [0.29, 0.717) is 0 Å². The highest BCUT2D eigenvalue weighted by atomic mass is 19.1. The number of hydrogen-bond donors (Lipinski definition) is 1. The Balaban J connectivity index is 2.91. The predicted octanol–water partition coefficient (Wildman–Crippen LogP) is 2.57. The Morgan fingerprint density at radius 2 is 2.00 bits per heavy atom. The fourth-order valence-corrected chi connectivity index (χ4v) is 1.78. The van der Waals surface area contributed by atoms with Crippen LogP contribution < -0.4 is 5.32 Å². The maximum absolute atomic E-state index is 13.6. The molecule has 0 aliphatic heterocycles. The van der Waals surface area contributed by atoms with Crippen LogP contribution in [0.2, 0.25) is 0 Å². The number of methoxy groups -OCH3 is 1. The van der Waals surface area contributed by atoms with Gasteiger partial charge in [0.25, 0.3) is 0 Å². The van der Waals surface area contributed by atoms with Gasteiger partial charge in [0.15, 0.2) is 0 Å². The Labute approximate surface area is 105 Å². The van der Waals surface area contributed by atoms with Gasteiger partial charge >= 0.3 is 5.97 Å². The lowest BCUT2D eigenvalue weighted by Gasteiger charge is -2.28. The normalized spacial score (nSPS) is 13.2. The first kappa shape index (κ1) is 14.6. The SMILES string of the molecule is COC(=O)C(C)(C)NC(C)c1cc(F)ccc1F. The molecule has 0 heterocycles. The Kier molecular flexibility index (Phi) is 4.40. The molecule has 18 heavy (non-hydrogen) atoms. The minimum absolute atomic E-state index is 0.173.